The largest absolute Gasteiger partial charge is 0.332 e. The molecule has 136 valence electrons. The van der Waals surface area contributed by atoms with E-state index in [1.54, 1.807) is 7.05 Å². The minimum absolute atomic E-state index is 0.211. The van der Waals surface area contributed by atoms with Crippen LogP contribution in [-0.2, 0) is 20.1 Å². The number of fused-ring (bicyclic) bond motifs is 3. The highest BCUT2D eigenvalue weighted by atomic mass is 16.2. The van der Waals surface area contributed by atoms with Gasteiger partial charge in [0.25, 0.3) is 5.56 Å². The van der Waals surface area contributed by atoms with E-state index >= 15 is 0 Å². The third-order valence-corrected chi connectivity index (χ3v) is 4.86. The number of aryl methyl sites for hydroxylation is 2. The molecule has 1 aliphatic rings. The van der Waals surface area contributed by atoms with Gasteiger partial charge in [0.2, 0.25) is 5.95 Å². The Morgan fingerprint density at radius 2 is 1.96 bits per heavy atom. The second kappa shape index (κ2) is 5.86. The van der Waals surface area contributed by atoms with E-state index in [-0.39, 0.29) is 17.2 Å². The molecule has 0 bridgehead atoms. The summed E-state index contributed by atoms with van der Waals surface area (Å²) >= 11 is 0. The number of hydrogen-bond donors (Lipinski definition) is 0. The van der Waals surface area contributed by atoms with Gasteiger partial charge in [-0.05, 0) is 30.5 Å². The van der Waals surface area contributed by atoms with Gasteiger partial charge in [-0.3, -0.25) is 13.9 Å². The lowest BCUT2D eigenvalue weighted by Gasteiger charge is -2.16. The van der Waals surface area contributed by atoms with Crippen LogP contribution in [-0.4, -0.2) is 25.2 Å². The molecular formula is C19H23N5O2. The van der Waals surface area contributed by atoms with Crippen molar-refractivity contribution in [2.45, 2.75) is 33.9 Å². The van der Waals surface area contributed by atoms with Crippen molar-refractivity contribution in [1.29, 1.82) is 0 Å². The van der Waals surface area contributed by atoms with Crippen molar-refractivity contribution >= 4 is 22.8 Å². The molecule has 0 radical (unpaired) electrons. The Bertz CT molecular complexity index is 1120. The standard InChI is InChI=1S/C19H23N5O2/c1-12(2)11-24-17(25)15-16(21(4)19(24)26)20-18-22(8-9-23(15)18)14-7-5-6-13(3)10-14/h5-7,10,12H,8-9,11H2,1-4H3. The van der Waals surface area contributed by atoms with Crippen LogP contribution >= 0.6 is 0 Å². The summed E-state index contributed by atoms with van der Waals surface area (Å²) in [7, 11) is 1.68. The molecule has 1 aromatic carbocycles. The first-order chi connectivity index (χ1) is 12.4. The smallest absolute Gasteiger partial charge is 0.310 e. The Morgan fingerprint density at radius 3 is 2.65 bits per heavy atom. The van der Waals surface area contributed by atoms with Gasteiger partial charge in [0.05, 0.1) is 0 Å². The lowest BCUT2D eigenvalue weighted by molar-refractivity contribution is 0.484. The zero-order chi connectivity index (χ0) is 18.6. The lowest BCUT2D eigenvalue weighted by atomic mass is 10.2. The summed E-state index contributed by atoms with van der Waals surface area (Å²) < 4.78 is 4.76. The zero-order valence-corrected chi connectivity index (χ0v) is 15.6. The van der Waals surface area contributed by atoms with Gasteiger partial charge in [-0.25, -0.2) is 4.79 Å². The molecule has 0 atom stereocenters. The number of rotatable bonds is 3. The molecule has 7 nitrogen and oxygen atoms in total. The Morgan fingerprint density at radius 1 is 1.19 bits per heavy atom. The number of anilines is 2. The van der Waals surface area contributed by atoms with E-state index in [4.69, 9.17) is 0 Å². The molecular weight excluding hydrogens is 330 g/mol. The van der Waals surface area contributed by atoms with E-state index in [1.165, 1.54) is 14.7 Å². The van der Waals surface area contributed by atoms with Crippen molar-refractivity contribution in [3.05, 3.63) is 50.7 Å². The Balaban J connectivity index is 1.95. The zero-order valence-electron chi connectivity index (χ0n) is 15.6. The van der Waals surface area contributed by atoms with Gasteiger partial charge < -0.3 is 9.47 Å². The molecule has 3 aromatic rings. The fourth-order valence-corrected chi connectivity index (χ4v) is 3.64. The van der Waals surface area contributed by atoms with Crippen LogP contribution in [0.25, 0.3) is 11.2 Å². The van der Waals surface area contributed by atoms with Crippen molar-refractivity contribution in [3.63, 3.8) is 0 Å². The number of nitrogens with zero attached hydrogens (tertiary/aromatic N) is 5. The van der Waals surface area contributed by atoms with Crippen molar-refractivity contribution in [3.8, 4) is 0 Å². The summed E-state index contributed by atoms with van der Waals surface area (Å²) in [4.78, 5) is 32.4. The van der Waals surface area contributed by atoms with Gasteiger partial charge in [-0.1, -0.05) is 26.0 Å². The molecule has 3 heterocycles. The molecule has 0 saturated heterocycles. The molecule has 7 heteroatoms. The van der Waals surface area contributed by atoms with Crippen LogP contribution in [0.3, 0.4) is 0 Å². The number of benzene rings is 1. The average Bonchev–Trinajstić information content (AvgIpc) is 3.15. The fraction of sp³-hybridized carbons (Fsp3) is 0.421. The predicted octanol–water partition coefficient (Wildman–Crippen LogP) is 2.01. The summed E-state index contributed by atoms with van der Waals surface area (Å²) in [6, 6.07) is 8.21. The van der Waals surface area contributed by atoms with E-state index in [0.717, 1.165) is 18.2 Å². The third kappa shape index (κ3) is 2.38. The van der Waals surface area contributed by atoms with Crippen molar-refractivity contribution in [2.24, 2.45) is 13.0 Å². The van der Waals surface area contributed by atoms with Crippen molar-refractivity contribution in [2.75, 3.05) is 11.4 Å². The maximum Gasteiger partial charge on any atom is 0.332 e. The summed E-state index contributed by atoms with van der Waals surface area (Å²) in [6.07, 6.45) is 0. The molecule has 2 aromatic heterocycles. The van der Waals surface area contributed by atoms with Gasteiger partial charge in [0.1, 0.15) is 0 Å². The first kappa shape index (κ1) is 16.6. The number of aromatic nitrogens is 4. The highest BCUT2D eigenvalue weighted by Gasteiger charge is 2.28. The van der Waals surface area contributed by atoms with Crippen LogP contribution < -0.4 is 16.1 Å². The third-order valence-electron chi connectivity index (χ3n) is 4.86. The second-order valence-corrected chi connectivity index (χ2v) is 7.38. The van der Waals surface area contributed by atoms with E-state index in [2.05, 4.69) is 28.9 Å². The highest BCUT2D eigenvalue weighted by Crippen LogP contribution is 2.31. The van der Waals surface area contributed by atoms with E-state index in [0.29, 0.717) is 24.3 Å². The molecule has 0 amide bonds. The van der Waals surface area contributed by atoms with Gasteiger partial charge in [-0.2, -0.15) is 4.98 Å². The molecule has 0 aliphatic carbocycles. The maximum atomic E-state index is 13.0. The van der Waals surface area contributed by atoms with Crippen LogP contribution in [0.5, 0.6) is 0 Å². The van der Waals surface area contributed by atoms with Crippen LogP contribution in [0.1, 0.15) is 19.4 Å². The van der Waals surface area contributed by atoms with Gasteiger partial charge in [0, 0.05) is 32.4 Å². The predicted molar refractivity (Wildman–Crippen MR) is 102 cm³/mol. The fourth-order valence-electron chi connectivity index (χ4n) is 3.64. The molecule has 0 fully saturated rings. The molecule has 0 spiro atoms. The van der Waals surface area contributed by atoms with Gasteiger partial charge in [-0.15, -0.1) is 0 Å². The van der Waals surface area contributed by atoms with E-state index in [9.17, 15) is 9.59 Å². The monoisotopic (exact) mass is 353 g/mol. The quantitative estimate of drug-likeness (QED) is 0.723. The first-order valence-corrected chi connectivity index (χ1v) is 8.92. The summed E-state index contributed by atoms with van der Waals surface area (Å²) in [5, 5.41) is 0. The van der Waals surface area contributed by atoms with E-state index in [1.807, 2.05) is 30.5 Å². The highest BCUT2D eigenvalue weighted by molar-refractivity contribution is 5.77. The Kier molecular flexibility index (Phi) is 3.75. The normalized spacial score (nSPS) is 13.8. The second-order valence-electron chi connectivity index (χ2n) is 7.38. The minimum atomic E-state index is -0.310. The van der Waals surface area contributed by atoms with Gasteiger partial charge in [0.15, 0.2) is 11.2 Å². The first-order valence-electron chi connectivity index (χ1n) is 8.92. The average molecular weight is 353 g/mol. The number of imidazole rings is 1. The Hall–Kier alpha value is -2.83. The maximum absolute atomic E-state index is 13.0. The summed E-state index contributed by atoms with van der Waals surface area (Å²) in [5.74, 6) is 0.933. The van der Waals surface area contributed by atoms with E-state index < -0.39 is 0 Å². The van der Waals surface area contributed by atoms with Crippen molar-refractivity contribution in [1.82, 2.24) is 18.7 Å². The molecule has 26 heavy (non-hydrogen) atoms. The molecule has 0 unspecified atom stereocenters. The lowest BCUT2D eigenvalue weighted by Crippen LogP contribution is -2.40. The molecule has 0 saturated carbocycles. The topological polar surface area (TPSA) is 65.1 Å². The molecule has 1 aliphatic heterocycles. The SMILES string of the molecule is Cc1cccc(N2CCn3c2nc2c3c(=O)n(CC(C)C)c(=O)n2C)c1. The van der Waals surface area contributed by atoms with Crippen LogP contribution in [0, 0.1) is 12.8 Å². The minimum Gasteiger partial charge on any atom is -0.310 e. The van der Waals surface area contributed by atoms with Crippen molar-refractivity contribution < 1.29 is 0 Å². The van der Waals surface area contributed by atoms with Crippen LogP contribution in [0.2, 0.25) is 0 Å². The molecule has 0 N–H and O–H groups in total. The summed E-state index contributed by atoms with van der Waals surface area (Å²) in [6.45, 7) is 7.89. The summed E-state index contributed by atoms with van der Waals surface area (Å²) in [5.41, 5.74) is 2.62. The Labute approximate surface area is 151 Å². The number of hydrogen-bond acceptors (Lipinski definition) is 4. The van der Waals surface area contributed by atoms with Crippen LogP contribution in [0.15, 0.2) is 33.9 Å². The molecule has 4 rings (SSSR count). The van der Waals surface area contributed by atoms with Gasteiger partial charge >= 0.3 is 5.69 Å². The van der Waals surface area contributed by atoms with Crippen LogP contribution in [0.4, 0.5) is 11.6 Å².